The number of halogens is 3. The monoisotopic (exact) mass is 441 g/mol. The van der Waals surface area contributed by atoms with Crippen LogP contribution in [0.4, 0.5) is 4.39 Å². The van der Waals surface area contributed by atoms with E-state index in [-0.39, 0.29) is 5.82 Å². The average Bonchev–Trinajstić information content (AvgIpc) is 2.66. The molecule has 134 valence electrons. The Hall–Kier alpha value is -2.61. The molecule has 0 bridgehead atoms. The molecule has 0 saturated carbocycles. The van der Waals surface area contributed by atoms with E-state index < -0.39 is 0 Å². The van der Waals surface area contributed by atoms with Crippen molar-refractivity contribution < 1.29 is 9.13 Å². The molecule has 0 atom stereocenters. The number of nitrogens with zero attached hydrogens (tertiary/aromatic N) is 1. The summed E-state index contributed by atoms with van der Waals surface area (Å²) in [6, 6.07) is 21.1. The molecular formula is C22H14BrClFNO. The first-order valence-corrected chi connectivity index (χ1v) is 9.27. The van der Waals surface area contributed by atoms with Gasteiger partial charge in [-0.1, -0.05) is 41.9 Å². The van der Waals surface area contributed by atoms with Crippen LogP contribution in [0.5, 0.6) is 5.75 Å². The van der Waals surface area contributed by atoms with E-state index in [1.165, 1.54) is 12.1 Å². The predicted octanol–water partition coefficient (Wildman–Crippen LogP) is 6.88. The van der Waals surface area contributed by atoms with Gasteiger partial charge in [-0.3, -0.25) is 0 Å². The van der Waals surface area contributed by atoms with E-state index in [0.29, 0.717) is 28.5 Å². The van der Waals surface area contributed by atoms with Crippen LogP contribution in [0.2, 0.25) is 5.02 Å². The molecular weight excluding hydrogens is 429 g/mol. The van der Waals surface area contributed by atoms with Crippen molar-refractivity contribution in [3.8, 4) is 11.8 Å². The molecule has 0 amide bonds. The third-order valence-electron chi connectivity index (χ3n) is 3.83. The molecule has 2 nitrogen and oxygen atoms in total. The van der Waals surface area contributed by atoms with E-state index in [4.69, 9.17) is 16.3 Å². The topological polar surface area (TPSA) is 33.0 Å². The highest BCUT2D eigenvalue weighted by molar-refractivity contribution is 9.10. The lowest BCUT2D eigenvalue weighted by molar-refractivity contribution is 0.304. The number of allylic oxidation sites excluding steroid dienone is 1. The first kappa shape index (κ1) is 19.2. The maximum absolute atomic E-state index is 13.4. The smallest absolute Gasteiger partial charge is 0.134 e. The molecule has 0 spiro atoms. The Kier molecular flexibility index (Phi) is 6.28. The van der Waals surface area contributed by atoms with Gasteiger partial charge in [-0.2, -0.15) is 5.26 Å². The highest BCUT2D eigenvalue weighted by Gasteiger charge is 2.06. The van der Waals surface area contributed by atoms with Gasteiger partial charge in [0.15, 0.2) is 0 Å². The van der Waals surface area contributed by atoms with Gasteiger partial charge in [0, 0.05) is 5.02 Å². The van der Waals surface area contributed by atoms with Crippen LogP contribution in [0.1, 0.15) is 16.7 Å². The van der Waals surface area contributed by atoms with Crippen LogP contribution in [0, 0.1) is 17.1 Å². The fourth-order valence-corrected chi connectivity index (χ4v) is 3.11. The Morgan fingerprint density at radius 1 is 1.11 bits per heavy atom. The van der Waals surface area contributed by atoms with Gasteiger partial charge < -0.3 is 4.74 Å². The summed E-state index contributed by atoms with van der Waals surface area (Å²) in [6.07, 6.45) is 1.71. The average molecular weight is 443 g/mol. The van der Waals surface area contributed by atoms with Crippen molar-refractivity contribution in [3.63, 3.8) is 0 Å². The Labute approximate surface area is 170 Å². The van der Waals surface area contributed by atoms with Gasteiger partial charge in [-0.15, -0.1) is 0 Å². The highest BCUT2D eigenvalue weighted by atomic mass is 79.9. The molecule has 0 aliphatic carbocycles. The summed E-state index contributed by atoms with van der Waals surface area (Å²) >= 11 is 9.37. The summed E-state index contributed by atoms with van der Waals surface area (Å²) in [5.41, 5.74) is 2.74. The maximum atomic E-state index is 13.4. The quantitative estimate of drug-likeness (QED) is 0.318. The van der Waals surface area contributed by atoms with Gasteiger partial charge in [-0.05, 0) is 75.1 Å². The van der Waals surface area contributed by atoms with Crippen molar-refractivity contribution in [1.29, 1.82) is 5.26 Å². The van der Waals surface area contributed by atoms with Crippen molar-refractivity contribution in [2.75, 3.05) is 0 Å². The zero-order valence-electron chi connectivity index (χ0n) is 14.1. The second-order valence-electron chi connectivity index (χ2n) is 5.79. The number of rotatable bonds is 5. The number of ether oxygens (including phenoxy) is 1. The van der Waals surface area contributed by atoms with Crippen LogP contribution in [0.25, 0.3) is 11.6 Å². The minimum Gasteiger partial charge on any atom is -0.488 e. The third kappa shape index (κ3) is 5.19. The van der Waals surface area contributed by atoms with E-state index in [0.717, 1.165) is 15.6 Å². The number of hydrogen-bond donors (Lipinski definition) is 0. The first-order valence-electron chi connectivity index (χ1n) is 8.10. The zero-order chi connectivity index (χ0) is 19.2. The predicted molar refractivity (Wildman–Crippen MR) is 110 cm³/mol. The fraction of sp³-hybridized carbons (Fsp3) is 0.0455. The zero-order valence-corrected chi connectivity index (χ0v) is 16.5. The van der Waals surface area contributed by atoms with E-state index in [1.807, 2.05) is 42.5 Å². The molecule has 0 aliphatic rings. The van der Waals surface area contributed by atoms with E-state index >= 15 is 0 Å². The van der Waals surface area contributed by atoms with Crippen LogP contribution in [0.3, 0.4) is 0 Å². The molecule has 3 rings (SSSR count). The molecule has 0 N–H and O–H groups in total. The van der Waals surface area contributed by atoms with Crippen molar-refractivity contribution in [2.24, 2.45) is 0 Å². The third-order valence-corrected chi connectivity index (χ3v) is 4.70. The molecule has 0 fully saturated rings. The van der Waals surface area contributed by atoms with E-state index in [9.17, 15) is 9.65 Å². The summed E-state index contributed by atoms with van der Waals surface area (Å²) in [7, 11) is 0. The molecule has 3 aromatic carbocycles. The van der Waals surface area contributed by atoms with Gasteiger partial charge >= 0.3 is 0 Å². The molecule has 5 heteroatoms. The Morgan fingerprint density at radius 3 is 2.56 bits per heavy atom. The maximum Gasteiger partial charge on any atom is 0.134 e. The summed E-state index contributed by atoms with van der Waals surface area (Å²) in [5, 5.41) is 10.1. The van der Waals surface area contributed by atoms with Crippen LogP contribution >= 0.6 is 27.5 Å². The summed E-state index contributed by atoms with van der Waals surface area (Å²) in [4.78, 5) is 0. The SMILES string of the molecule is N#C/C(=C/c1ccc(OCc2ccc(Cl)cc2)c(Br)c1)c1cccc(F)c1. The minimum absolute atomic E-state index is 0.374. The van der Waals surface area contributed by atoms with Crippen molar-refractivity contribution in [2.45, 2.75) is 6.61 Å². The van der Waals surface area contributed by atoms with E-state index in [2.05, 4.69) is 22.0 Å². The van der Waals surface area contributed by atoms with Crippen LogP contribution in [0.15, 0.2) is 71.2 Å². The molecule has 0 heterocycles. The Bertz CT molecular complexity index is 1030. The number of nitriles is 1. The lowest BCUT2D eigenvalue weighted by Crippen LogP contribution is -1.96. The summed E-state index contributed by atoms with van der Waals surface area (Å²) in [5.74, 6) is 0.312. The normalized spacial score (nSPS) is 11.1. The van der Waals surface area contributed by atoms with Gasteiger partial charge in [0.2, 0.25) is 0 Å². The molecule has 27 heavy (non-hydrogen) atoms. The number of hydrogen-bond acceptors (Lipinski definition) is 2. The number of benzene rings is 3. The molecule has 0 aromatic heterocycles. The fourth-order valence-electron chi connectivity index (χ4n) is 2.47. The lowest BCUT2D eigenvalue weighted by atomic mass is 10.0. The standard InChI is InChI=1S/C22H14BrClFNO/c23-21-11-16(10-18(13-26)17-2-1-3-20(25)12-17)6-9-22(21)27-14-15-4-7-19(24)8-5-15/h1-12H,14H2/b18-10-. The minimum atomic E-state index is -0.374. The summed E-state index contributed by atoms with van der Waals surface area (Å²) in [6.45, 7) is 0.414. The van der Waals surface area contributed by atoms with E-state index in [1.54, 1.807) is 18.2 Å². The summed E-state index contributed by atoms with van der Waals surface area (Å²) < 4.78 is 20.0. The van der Waals surface area contributed by atoms with Gasteiger partial charge in [-0.25, -0.2) is 4.39 Å². The molecule has 0 radical (unpaired) electrons. The van der Waals surface area contributed by atoms with Crippen LogP contribution in [-0.4, -0.2) is 0 Å². The first-order chi connectivity index (χ1) is 13.0. The van der Waals surface area contributed by atoms with Crippen molar-refractivity contribution in [1.82, 2.24) is 0 Å². The largest absolute Gasteiger partial charge is 0.488 e. The van der Waals surface area contributed by atoms with Crippen LogP contribution < -0.4 is 4.74 Å². The Balaban J connectivity index is 1.77. The van der Waals surface area contributed by atoms with Gasteiger partial charge in [0.25, 0.3) is 0 Å². The van der Waals surface area contributed by atoms with Crippen molar-refractivity contribution in [3.05, 3.63) is 98.7 Å². The molecule has 0 saturated heterocycles. The van der Waals surface area contributed by atoms with Crippen molar-refractivity contribution >= 4 is 39.2 Å². The highest BCUT2D eigenvalue weighted by Crippen LogP contribution is 2.29. The molecule has 3 aromatic rings. The van der Waals surface area contributed by atoms with Gasteiger partial charge in [0.1, 0.15) is 18.2 Å². The van der Waals surface area contributed by atoms with Gasteiger partial charge in [0.05, 0.1) is 16.1 Å². The second kappa shape index (κ2) is 8.85. The molecule has 0 unspecified atom stereocenters. The lowest BCUT2D eigenvalue weighted by Gasteiger charge is -2.09. The second-order valence-corrected chi connectivity index (χ2v) is 7.08. The van der Waals surface area contributed by atoms with Crippen LogP contribution in [-0.2, 0) is 6.61 Å². The Morgan fingerprint density at radius 2 is 1.89 bits per heavy atom. The molecule has 0 aliphatic heterocycles.